The molecule has 0 heterocycles. The monoisotopic (exact) mass is 596 g/mol. The summed E-state index contributed by atoms with van der Waals surface area (Å²) in [5.41, 5.74) is 4.10. The average molecular weight is 597 g/mol. The van der Waals surface area contributed by atoms with Gasteiger partial charge in [0.1, 0.15) is 11.5 Å². The minimum atomic E-state index is -0.203. The molecular formula is C38H48N2O4. The van der Waals surface area contributed by atoms with Gasteiger partial charge in [0.15, 0.2) is 11.6 Å². The summed E-state index contributed by atoms with van der Waals surface area (Å²) in [5.74, 6) is 0.0346. The summed E-state index contributed by atoms with van der Waals surface area (Å²) in [6, 6.07) is 20.3. The molecule has 0 saturated heterocycles. The Bertz CT molecular complexity index is 1330. The molecule has 0 unspecified atom stereocenters. The highest BCUT2D eigenvalue weighted by Crippen LogP contribution is 2.37. The van der Waals surface area contributed by atoms with Gasteiger partial charge < -0.3 is 10.2 Å². The second-order valence-corrected chi connectivity index (χ2v) is 13.9. The molecule has 2 aliphatic rings. The number of nitrogens with zero attached hydrogens (tertiary/aromatic N) is 2. The van der Waals surface area contributed by atoms with Crippen LogP contribution in [0.4, 0.5) is 0 Å². The lowest BCUT2D eigenvalue weighted by atomic mass is 9.73. The fraction of sp³-hybridized carbons (Fsp3) is 0.474. The van der Waals surface area contributed by atoms with Gasteiger partial charge in [-0.2, -0.15) is 0 Å². The van der Waals surface area contributed by atoms with Gasteiger partial charge in [-0.25, -0.2) is 0 Å². The van der Waals surface area contributed by atoms with E-state index in [1.165, 1.54) is 11.1 Å². The van der Waals surface area contributed by atoms with E-state index >= 15 is 0 Å². The zero-order chi connectivity index (χ0) is 31.7. The van der Waals surface area contributed by atoms with Crippen LogP contribution in [-0.4, -0.2) is 46.3 Å². The molecule has 6 nitrogen and oxygen atoms in total. The van der Waals surface area contributed by atoms with E-state index in [1.54, 1.807) is 0 Å². The Hall–Kier alpha value is -3.80. The molecule has 2 aliphatic carbocycles. The average Bonchev–Trinajstić information content (AvgIpc) is 2.95. The van der Waals surface area contributed by atoms with Crippen LogP contribution in [0.5, 0.6) is 0 Å². The van der Waals surface area contributed by atoms with Crippen molar-refractivity contribution in [2.75, 3.05) is 13.1 Å². The van der Waals surface area contributed by atoms with Crippen molar-refractivity contribution in [2.45, 2.75) is 91.9 Å². The van der Waals surface area contributed by atoms with E-state index in [0.717, 1.165) is 12.8 Å². The van der Waals surface area contributed by atoms with Gasteiger partial charge in [0, 0.05) is 50.2 Å². The lowest BCUT2D eigenvalue weighted by Gasteiger charge is -2.31. The number of Topliss-reactive ketones (excluding diaryl/α,β-unsaturated/α-hetero) is 2. The second kappa shape index (κ2) is 14.8. The number of ketones is 2. The third-order valence-corrected chi connectivity index (χ3v) is 8.45. The number of unbranched alkanes of at least 4 members (excludes halogenated alkanes) is 1. The van der Waals surface area contributed by atoms with Crippen molar-refractivity contribution in [3.63, 3.8) is 0 Å². The van der Waals surface area contributed by atoms with Crippen LogP contribution in [0.3, 0.4) is 0 Å². The van der Waals surface area contributed by atoms with Crippen molar-refractivity contribution >= 4 is 23.0 Å². The lowest BCUT2D eigenvalue weighted by Crippen LogP contribution is -2.33. The molecule has 0 aliphatic heterocycles. The topological polar surface area (TPSA) is 99.3 Å². The lowest BCUT2D eigenvalue weighted by molar-refractivity contribution is -0.118. The van der Waals surface area contributed by atoms with E-state index < -0.39 is 0 Å². The van der Waals surface area contributed by atoms with Crippen LogP contribution < -0.4 is 0 Å². The first-order valence-corrected chi connectivity index (χ1v) is 16.0. The van der Waals surface area contributed by atoms with Gasteiger partial charge >= 0.3 is 0 Å². The first-order valence-electron chi connectivity index (χ1n) is 16.0. The molecule has 2 saturated carbocycles. The Morgan fingerprint density at radius 1 is 0.614 bits per heavy atom. The fourth-order valence-corrected chi connectivity index (χ4v) is 6.27. The van der Waals surface area contributed by atoms with Gasteiger partial charge in [0.2, 0.25) is 0 Å². The fourth-order valence-electron chi connectivity index (χ4n) is 6.27. The van der Waals surface area contributed by atoms with Gasteiger partial charge in [-0.05, 0) is 60.5 Å². The molecule has 0 radical (unpaired) electrons. The first-order chi connectivity index (χ1) is 20.9. The Morgan fingerprint density at radius 2 is 0.977 bits per heavy atom. The predicted molar refractivity (Wildman–Crippen MR) is 179 cm³/mol. The van der Waals surface area contributed by atoms with Gasteiger partial charge in [0.05, 0.1) is 11.1 Å². The van der Waals surface area contributed by atoms with Gasteiger partial charge in [-0.15, -0.1) is 0 Å². The summed E-state index contributed by atoms with van der Waals surface area (Å²) in [7, 11) is 0. The normalized spacial score (nSPS) is 22.4. The number of aliphatic hydroxyl groups excluding tert-OH is 2. The number of carbonyl (C=O) groups excluding carboxylic acids is 2. The first kappa shape index (κ1) is 33.1. The maximum atomic E-state index is 13.1. The van der Waals surface area contributed by atoms with Crippen molar-refractivity contribution in [3.05, 3.63) is 94.5 Å². The number of benzene rings is 2. The third kappa shape index (κ3) is 9.35. The Labute approximate surface area is 262 Å². The zero-order valence-electron chi connectivity index (χ0n) is 26.9. The number of allylic oxidation sites excluding steroid dienone is 4. The maximum Gasteiger partial charge on any atom is 0.168 e. The summed E-state index contributed by atoms with van der Waals surface area (Å²) >= 11 is 0. The van der Waals surface area contributed by atoms with E-state index in [-0.39, 0.29) is 33.9 Å². The number of carbonyl (C=O) groups is 2. The highest BCUT2D eigenvalue weighted by Gasteiger charge is 2.37. The largest absolute Gasteiger partial charge is 0.511 e. The molecular weight excluding hydrogens is 548 g/mol. The summed E-state index contributed by atoms with van der Waals surface area (Å²) in [6.07, 6.45) is 5.37. The molecule has 4 rings (SSSR count). The van der Waals surface area contributed by atoms with Crippen LogP contribution in [0.25, 0.3) is 0 Å². The van der Waals surface area contributed by atoms with Crippen LogP contribution in [-0.2, 0) is 22.4 Å². The molecule has 0 bridgehead atoms. The molecule has 0 amide bonds. The summed E-state index contributed by atoms with van der Waals surface area (Å²) in [6.45, 7) is 9.37. The van der Waals surface area contributed by atoms with Crippen LogP contribution in [0.1, 0.15) is 90.2 Å². The molecule has 0 atom stereocenters. The van der Waals surface area contributed by atoms with Crippen molar-refractivity contribution in [2.24, 2.45) is 20.8 Å². The van der Waals surface area contributed by atoms with E-state index in [2.05, 4.69) is 52.0 Å². The Kier molecular flexibility index (Phi) is 11.1. The van der Waals surface area contributed by atoms with Crippen molar-refractivity contribution in [3.8, 4) is 0 Å². The summed E-state index contributed by atoms with van der Waals surface area (Å²) < 4.78 is 0. The van der Waals surface area contributed by atoms with Crippen molar-refractivity contribution in [1.82, 2.24) is 0 Å². The zero-order valence-corrected chi connectivity index (χ0v) is 26.9. The minimum Gasteiger partial charge on any atom is -0.511 e. The van der Waals surface area contributed by atoms with E-state index in [9.17, 15) is 19.8 Å². The minimum absolute atomic E-state index is 0.0612. The van der Waals surface area contributed by atoms with Crippen molar-refractivity contribution in [1.29, 1.82) is 0 Å². The second-order valence-electron chi connectivity index (χ2n) is 13.9. The maximum absolute atomic E-state index is 13.1. The molecule has 2 fully saturated rings. The van der Waals surface area contributed by atoms with Crippen LogP contribution in [0.15, 0.2) is 93.3 Å². The van der Waals surface area contributed by atoms with E-state index in [4.69, 9.17) is 9.98 Å². The number of aliphatic hydroxyl groups is 2. The van der Waals surface area contributed by atoms with Crippen molar-refractivity contribution < 1.29 is 19.8 Å². The van der Waals surface area contributed by atoms with E-state index in [1.807, 2.05) is 36.4 Å². The van der Waals surface area contributed by atoms with Crippen LogP contribution >= 0.6 is 0 Å². The molecule has 2 aromatic rings. The highest BCUT2D eigenvalue weighted by atomic mass is 16.3. The Morgan fingerprint density at radius 3 is 1.34 bits per heavy atom. The molecule has 0 aromatic heterocycles. The number of rotatable bonds is 11. The third-order valence-electron chi connectivity index (χ3n) is 8.45. The molecule has 234 valence electrons. The molecule has 44 heavy (non-hydrogen) atoms. The summed E-state index contributed by atoms with van der Waals surface area (Å²) in [5, 5.41) is 22.2. The van der Waals surface area contributed by atoms with Gasteiger partial charge in [0.25, 0.3) is 0 Å². The number of hydrogen-bond acceptors (Lipinski definition) is 6. The number of aliphatic imine (C=N–C) groups is 2. The molecule has 6 heteroatoms. The van der Waals surface area contributed by atoms with Crippen LogP contribution in [0, 0.1) is 10.8 Å². The molecule has 2 N–H and O–H groups in total. The Balaban J connectivity index is 1.42. The van der Waals surface area contributed by atoms with E-state index in [0.29, 0.717) is 87.0 Å². The van der Waals surface area contributed by atoms with Gasteiger partial charge in [-0.1, -0.05) is 88.4 Å². The standard InChI is InChI=1S/C38H48N2O4/c1-37(2)23-29(39-21-19-27-13-7-5-8-14-27)35(33(43)25-37)31(41)17-11-12-18-32(42)36-30(24-38(3,4)26-34(36)44)40-22-20-28-15-9-6-10-16-28/h5-10,13-16,41-42H,11-12,17-26H2,1-4H3. The molecule has 0 spiro atoms. The smallest absolute Gasteiger partial charge is 0.168 e. The quantitative estimate of drug-likeness (QED) is 0.155. The number of hydrogen-bond donors (Lipinski definition) is 2. The highest BCUT2D eigenvalue weighted by molar-refractivity contribution is 6.25. The predicted octanol–water partition coefficient (Wildman–Crippen LogP) is 8.32. The summed E-state index contributed by atoms with van der Waals surface area (Å²) in [4.78, 5) is 35.9. The van der Waals surface area contributed by atoms with Crippen LogP contribution in [0.2, 0.25) is 0 Å². The SMILES string of the molecule is CC1(C)CC(=O)C(=C(O)CCCCC(O)=C2C(=O)CC(C)(C)CC2=NCCc2ccccc2)C(=NCCc2ccccc2)C1. The van der Waals surface area contributed by atoms with Gasteiger partial charge in [-0.3, -0.25) is 19.6 Å². The molecule has 2 aromatic carbocycles.